The van der Waals surface area contributed by atoms with Gasteiger partial charge in [-0.05, 0) is 24.3 Å². The van der Waals surface area contributed by atoms with Gasteiger partial charge in [-0.2, -0.15) is 26.3 Å². The molecule has 0 saturated carbocycles. The van der Waals surface area contributed by atoms with Crippen molar-refractivity contribution in [2.24, 2.45) is 30.6 Å². The molecule has 0 unspecified atom stereocenters. The van der Waals surface area contributed by atoms with E-state index in [4.69, 9.17) is 41.4 Å². The van der Waals surface area contributed by atoms with Crippen LogP contribution < -0.4 is 26.8 Å². The van der Waals surface area contributed by atoms with Gasteiger partial charge in [-0.15, -0.1) is 0 Å². The Kier molecular flexibility index (Phi) is 14.2. The number of aliphatic carboxylic acids is 2. The second-order valence-corrected chi connectivity index (χ2v) is 9.24. The van der Waals surface area contributed by atoms with E-state index >= 15 is 0 Å². The number of benzene rings is 1. The number of amides is 2. The van der Waals surface area contributed by atoms with E-state index in [1.807, 2.05) is 18.2 Å². The minimum atomic E-state index is -5.08. The second-order valence-electron chi connectivity index (χ2n) is 9.24. The zero-order valence-electron chi connectivity index (χ0n) is 25.2. The molecular weight excluding hydrogens is 662 g/mol. The summed E-state index contributed by atoms with van der Waals surface area (Å²) in [5.74, 6) is -5.25. The predicted molar refractivity (Wildman–Crippen MR) is 158 cm³/mol. The topological polar surface area (TPSA) is 240 Å². The molecule has 0 fully saturated rings. The highest BCUT2D eigenvalue weighted by atomic mass is 19.4. The van der Waals surface area contributed by atoms with Gasteiger partial charge in [0.2, 0.25) is 0 Å². The molecular formula is C27H30F6N8O7. The van der Waals surface area contributed by atoms with Gasteiger partial charge in [-0.1, -0.05) is 12.1 Å². The van der Waals surface area contributed by atoms with E-state index in [-0.39, 0.29) is 30.6 Å². The number of hydrogen-bond acceptors (Lipinski definition) is 7. The molecule has 0 spiro atoms. The number of alkyl halides is 6. The maximum absolute atomic E-state index is 12.8. The minimum Gasteiger partial charge on any atom is -0.497 e. The van der Waals surface area contributed by atoms with Crippen molar-refractivity contribution in [2.45, 2.75) is 18.8 Å². The summed E-state index contributed by atoms with van der Waals surface area (Å²) in [6, 6.07) is 10.4. The number of carbonyl (C=O) groups excluding carboxylic acids is 2. The highest BCUT2D eigenvalue weighted by Crippen LogP contribution is 2.21. The maximum Gasteiger partial charge on any atom is 0.490 e. The monoisotopic (exact) mass is 692 g/mol. The van der Waals surface area contributed by atoms with Crippen LogP contribution in [-0.2, 0) is 23.7 Å². The van der Waals surface area contributed by atoms with Gasteiger partial charge in [0.1, 0.15) is 23.0 Å². The van der Waals surface area contributed by atoms with Crippen LogP contribution in [0.3, 0.4) is 0 Å². The molecule has 0 aliphatic carbocycles. The van der Waals surface area contributed by atoms with Crippen molar-refractivity contribution in [2.75, 3.05) is 19.0 Å². The number of nitrogens with zero attached hydrogens (tertiary/aromatic N) is 3. The van der Waals surface area contributed by atoms with Crippen molar-refractivity contribution in [3.63, 3.8) is 0 Å². The van der Waals surface area contributed by atoms with Gasteiger partial charge in [-0.3, -0.25) is 15.0 Å². The summed E-state index contributed by atoms with van der Waals surface area (Å²) in [5.41, 5.74) is 13.9. The number of carboxylic acids is 2. The molecule has 2 aromatic heterocycles. The van der Waals surface area contributed by atoms with Crippen LogP contribution in [0.4, 0.5) is 37.7 Å². The average Bonchev–Trinajstić information content (AvgIpc) is 3.53. The quantitative estimate of drug-likeness (QED) is 0.0989. The summed E-state index contributed by atoms with van der Waals surface area (Å²) >= 11 is 0. The number of halogens is 6. The summed E-state index contributed by atoms with van der Waals surface area (Å²) in [5, 5.41) is 26.9. The fraction of sp³-hybridized carbons (Fsp3) is 0.259. The predicted octanol–water partition coefficient (Wildman–Crippen LogP) is 2.98. The van der Waals surface area contributed by atoms with E-state index < -0.39 is 24.3 Å². The van der Waals surface area contributed by atoms with E-state index in [0.717, 1.165) is 0 Å². The Bertz CT molecular complexity index is 1640. The van der Waals surface area contributed by atoms with E-state index in [2.05, 4.69) is 15.6 Å². The standard InChI is InChI=1S/C23H28N8O3.2C2HF3O2/c1-30-13-16(11-18(30)22(32)27-8-7-20(24)25)29-23(33)19-10-15(12-31(19)2)28-21(26)14-5-4-6-17(9-14)34-3;2*3-2(4,5)1(6)7/h4-6,9-13H,7-8H2,1-3H3,(H3,24,25)(H2,26,28)(H,27,32)(H,29,33);2*(H,6,7). The first-order valence-corrected chi connectivity index (χ1v) is 12.9. The number of ether oxygens (including phenoxy) is 1. The van der Waals surface area contributed by atoms with Gasteiger partial charge >= 0.3 is 24.3 Å². The van der Waals surface area contributed by atoms with Crippen molar-refractivity contribution in [3.05, 3.63) is 65.7 Å². The highest BCUT2D eigenvalue weighted by Gasteiger charge is 2.38. The molecule has 15 nitrogen and oxygen atoms in total. The molecule has 2 heterocycles. The van der Waals surface area contributed by atoms with Crippen LogP contribution in [0.5, 0.6) is 5.75 Å². The Morgan fingerprint density at radius 1 is 0.896 bits per heavy atom. The number of nitrogens with two attached hydrogens (primary N) is 2. The van der Waals surface area contributed by atoms with Crippen LogP contribution in [0.2, 0.25) is 0 Å². The zero-order chi connectivity index (χ0) is 37.0. The Balaban J connectivity index is 0.000000687. The summed E-state index contributed by atoms with van der Waals surface area (Å²) in [7, 11) is 5.01. The molecule has 1 aromatic carbocycles. The lowest BCUT2D eigenvalue weighted by Crippen LogP contribution is -2.28. The first kappa shape index (κ1) is 40.0. The van der Waals surface area contributed by atoms with E-state index in [0.29, 0.717) is 39.9 Å². The van der Waals surface area contributed by atoms with Crippen molar-refractivity contribution in [1.82, 2.24) is 14.5 Å². The number of aryl methyl sites for hydroxylation is 2. The average molecular weight is 693 g/mol. The van der Waals surface area contributed by atoms with Crippen LogP contribution >= 0.6 is 0 Å². The smallest absolute Gasteiger partial charge is 0.490 e. The number of rotatable bonds is 9. The van der Waals surface area contributed by atoms with Crippen molar-refractivity contribution in [3.8, 4) is 5.75 Å². The van der Waals surface area contributed by atoms with Crippen LogP contribution in [0.25, 0.3) is 0 Å². The van der Waals surface area contributed by atoms with Gasteiger partial charge in [0.05, 0.1) is 24.3 Å². The third-order valence-corrected chi connectivity index (χ3v) is 5.50. The number of hydrogen-bond donors (Lipinski definition) is 7. The summed E-state index contributed by atoms with van der Waals surface area (Å²) < 4.78 is 71.9. The molecule has 0 saturated heterocycles. The van der Waals surface area contributed by atoms with E-state index in [1.54, 1.807) is 60.9 Å². The molecule has 0 bridgehead atoms. The highest BCUT2D eigenvalue weighted by molar-refractivity contribution is 6.05. The molecule has 0 aliphatic rings. The summed E-state index contributed by atoms with van der Waals surface area (Å²) in [6.45, 7) is 0.257. The Morgan fingerprint density at radius 3 is 1.92 bits per heavy atom. The lowest BCUT2D eigenvalue weighted by atomic mass is 10.2. The second kappa shape index (κ2) is 17.1. The van der Waals surface area contributed by atoms with Gasteiger partial charge in [0, 0.05) is 45.0 Å². The summed E-state index contributed by atoms with van der Waals surface area (Å²) in [6.07, 6.45) is -6.57. The first-order valence-electron chi connectivity index (χ1n) is 12.9. The molecule has 262 valence electrons. The number of carboxylic acid groups (broad SMARTS) is 2. The van der Waals surface area contributed by atoms with Gasteiger partial charge in [-0.25, -0.2) is 14.6 Å². The Labute approximate surface area is 267 Å². The van der Waals surface area contributed by atoms with Gasteiger partial charge < -0.3 is 46.2 Å². The Morgan fingerprint density at radius 2 is 1.42 bits per heavy atom. The number of amidine groups is 2. The lowest BCUT2D eigenvalue weighted by Gasteiger charge is -2.04. The van der Waals surface area contributed by atoms with Crippen LogP contribution in [0.1, 0.15) is 33.0 Å². The molecule has 3 aromatic rings. The molecule has 0 radical (unpaired) electrons. The number of methoxy groups -OCH3 is 1. The van der Waals surface area contributed by atoms with Crippen LogP contribution in [-0.4, -0.2) is 80.8 Å². The number of aliphatic imine (C=N–C) groups is 1. The maximum atomic E-state index is 12.8. The molecule has 48 heavy (non-hydrogen) atoms. The molecule has 9 N–H and O–H groups in total. The van der Waals surface area contributed by atoms with E-state index in [1.165, 1.54) is 0 Å². The SMILES string of the molecule is COc1cccc(C(N)=Nc2cc(C(=O)Nc3cc(C(=O)NCCC(=N)N)n(C)c3)n(C)c2)c1.O=C(O)C(F)(F)F.O=C(O)C(F)(F)F. The number of carbonyl (C=O) groups is 4. The van der Waals surface area contributed by atoms with Crippen LogP contribution in [0.15, 0.2) is 53.8 Å². The van der Waals surface area contributed by atoms with Gasteiger partial charge in [0.25, 0.3) is 11.8 Å². The molecule has 0 atom stereocenters. The largest absolute Gasteiger partial charge is 0.497 e. The molecule has 3 rings (SSSR count). The molecule has 2 amide bonds. The third-order valence-electron chi connectivity index (χ3n) is 5.50. The molecule has 0 aliphatic heterocycles. The fourth-order valence-corrected chi connectivity index (χ4v) is 3.28. The van der Waals surface area contributed by atoms with Crippen molar-refractivity contribution in [1.29, 1.82) is 5.41 Å². The molecule has 21 heteroatoms. The summed E-state index contributed by atoms with van der Waals surface area (Å²) in [4.78, 5) is 47.4. The third kappa shape index (κ3) is 13.1. The number of aromatic nitrogens is 2. The first-order chi connectivity index (χ1) is 22.1. The Hall–Kier alpha value is -6.02. The zero-order valence-corrected chi connectivity index (χ0v) is 25.2. The number of anilines is 1. The normalized spacial score (nSPS) is 11.2. The van der Waals surface area contributed by atoms with Gasteiger partial charge in [0.15, 0.2) is 0 Å². The van der Waals surface area contributed by atoms with Crippen LogP contribution in [0, 0.1) is 5.41 Å². The van der Waals surface area contributed by atoms with Crippen molar-refractivity contribution < 1.29 is 60.5 Å². The number of nitrogens with one attached hydrogen (secondary N) is 3. The fourth-order valence-electron chi connectivity index (χ4n) is 3.28. The van der Waals surface area contributed by atoms with Crippen molar-refractivity contribution >= 4 is 46.8 Å². The minimum absolute atomic E-state index is 0.00310. The van der Waals surface area contributed by atoms with E-state index in [9.17, 15) is 35.9 Å². The lowest BCUT2D eigenvalue weighted by molar-refractivity contribution is -0.193.